The third-order valence-corrected chi connectivity index (χ3v) is 5.27. The molecule has 0 saturated heterocycles. The van der Waals surface area contributed by atoms with Crippen LogP contribution in [0, 0.1) is 0 Å². The Balaban J connectivity index is 1.25. The number of aromatic nitrogens is 2. The maximum absolute atomic E-state index is 11.3. The second-order valence-corrected chi connectivity index (χ2v) is 7.60. The SMILES string of the molecule is CC(=O)c1ccc(OCC(O)CSc2nnc(C3COc4ccccc4O3)o2)cc1. The minimum absolute atomic E-state index is 0.00805. The molecule has 0 saturated carbocycles. The van der Waals surface area contributed by atoms with Gasteiger partial charge in [0.1, 0.15) is 19.0 Å². The number of para-hydroxylation sites is 2. The molecule has 3 aromatic rings. The Morgan fingerprint density at radius 3 is 2.73 bits per heavy atom. The van der Waals surface area contributed by atoms with Gasteiger partial charge in [-0.25, -0.2) is 0 Å². The van der Waals surface area contributed by atoms with Crippen molar-refractivity contribution in [3.05, 3.63) is 60.0 Å². The molecule has 2 atom stereocenters. The van der Waals surface area contributed by atoms with Crippen LogP contribution in [0.3, 0.4) is 0 Å². The largest absolute Gasteiger partial charge is 0.491 e. The van der Waals surface area contributed by atoms with Crippen LogP contribution in [-0.2, 0) is 0 Å². The van der Waals surface area contributed by atoms with Crippen LogP contribution in [0.2, 0.25) is 0 Å². The van der Waals surface area contributed by atoms with Crippen molar-refractivity contribution in [3.63, 3.8) is 0 Å². The molecule has 1 aliphatic heterocycles. The van der Waals surface area contributed by atoms with Crippen LogP contribution in [0.25, 0.3) is 0 Å². The van der Waals surface area contributed by atoms with E-state index in [9.17, 15) is 9.90 Å². The number of rotatable bonds is 8. The highest BCUT2D eigenvalue weighted by atomic mass is 32.2. The molecule has 0 spiro atoms. The predicted octanol–water partition coefficient (Wildman–Crippen LogP) is 3.32. The van der Waals surface area contributed by atoms with E-state index in [0.29, 0.717) is 39.7 Å². The van der Waals surface area contributed by atoms with E-state index in [4.69, 9.17) is 18.6 Å². The first kappa shape index (κ1) is 20.2. The summed E-state index contributed by atoms with van der Waals surface area (Å²) in [6.45, 7) is 1.89. The van der Waals surface area contributed by atoms with Gasteiger partial charge in [-0.2, -0.15) is 0 Å². The maximum Gasteiger partial charge on any atom is 0.276 e. The number of ketones is 1. The van der Waals surface area contributed by atoms with Gasteiger partial charge < -0.3 is 23.7 Å². The Kier molecular flexibility index (Phi) is 6.20. The highest BCUT2D eigenvalue weighted by Gasteiger charge is 2.27. The van der Waals surface area contributed by atoms with Crippen molar-refractivity contribution in [2.75, 3.05) is 19.0 Å². The summed E-state index contributed by atoms with van der Waals surface area (Å²) in [6, 6.07) is 14.2. The minimum atomic E-state index is -0.737. The maximum atomic E-state index is 11.3. The van der Waals surface area contributed by atoms with E-state index in [1.54, 1.807) is 24.3 Å². The first-order chi connectivity index (χ1) is 14.6. The molecule has 2 heterocycles. The Morgan fingerprint density at radius 1 is 1.20 bits per heavy atom. The zero-order chi connectivity index (χ0) is 20.9. The van der Waals surface area contributed by atoms with Crippen LogP contribution in [0.1, 0.15) is 29.3 Å². The monoisotopic (exact) mass is 428 g/mol. The summed E-state index contributed by atoms with van der Waals surface area (Å²) in [5.41, 5.74) is 0.612. The molecule has 0 fully saturated rings. The highest BCUT2D eigenvalue weighted by molar-refractivity contribution is 7.99. The number of aliphatic hydroxyl groups excluding tert-OH is 1. The van der Waals surface area contributed by atoms with Crippen LogP contribution < -0.4 is 14.2 Å². The number of thioether (sulfide) groups is 1. The molecule has 1 aliphatic rings. The molecular weight excluding hydrogens is 408 g/mol. The summed E-state index contributed by atoms with van der Waals surface area (Å²) in [4.78, 5) is 11.3. The molecule has 4 rings (SSSR count). The predicted molar refractivity (Wildman–Crippen MR) is 108 cm³/mol. The Labute approximate surface area is 177 Å². The van der Waals surface area contributed by atoms with Gasteiger partial charge in [-0.3, -0.25) is 4.79 Å². The molecule has 30 heavy (non-hydrogen) atoms. The van der Waals surface area contributed by atoms with Gasteiger partial charge in [0.2, 0.25) is 6.10 Å². The van der Waals surface area contributed by atoms with E-state index >= 15 is 0 Å². The summed E-state index contributed by atoms with van der Waals surface area (Å²) in [5, 5.41) is 18.5. The van der Waals surface area contributed by atoms with E-state index in [1.165, 1.54) is 18.7 Å². The van der Waals surface area contributed by atoms with E-state index in [1.807, 2.05) is 24.3 Å². The fraction of sp³-hybridized carbons (Fsp3) is 0.286. The summed E-state index contributed by atoms with van der Waals surface area (Å²) >= 11 is 1.23. The van der Waals surface area contributed by atoms with Crippen molar-refractivity contribution in [2.45, 2.75) is 24.4 Å². The van der Waals surface area contributed by atoms with E-state index in [2.05, 4.69) is 10.2 Å². The minimum Gasteiger partial charge on any atom is -0.491 e. The Morgan fingerprint density at radius 2 is 1.97 bits per heavy atom. The number of nitrogens with zero attached hydrogens (tertiary/aromatic N) is 2. The number of hydrogen-bond acceptors (Lipinski definition) is 9. The normalized spacial score (nSPS) is 16.1. The molecule has 0 radical (unpaired) electrons. The summed E-state index contributed by atoms with van der Waals surface area (Å²) < 4.78 is 22.7. The first-order valence-corrected chi connectivity index (χ1v) is 10.3. The molecule has 2 unspecified atom stereocenters. The molecular formula is C21H20N2O6S. The average Bonchev–Trinajstić information content (AvgIpc) is 3.25. The fourth-order valence-electron chi connectivity index (χ4n) is 2.74. The van der Waals surface area contributed by atoms with Gasteiger partial charge in [0.05, 0.1) is 6.10 Å². The topological polar surface area (TPSA) is 104 Å². The van der Waals surface area contributed by atoms with Crippen molar-refractivity contribution in [1.29, 1.82) is 0 Å². The number of hydrogen-bond donors (Lipinski definition) is 1. The molecule has 0 aliphatic carbocycles. The molecule has 8 nitrogen and oxygen atoms in total. The number of benzene rings is 2. The number of carbonyl (C=O) groups excluding carboxylic acids is 1. The van der Waals surface area contributed by atoms with E-state index < -0.39 is 12.2 Å². The zero-order valence-electron chi connectivity index (χ0n) is 16.2. The molecule has 1 aromatic heterocycles. The van der Waals surface area contributed by atoms with Gasteiger partial charge >= 0.3 is 0 Å². The Bertz CT molecular complexity index is 1010. The second-order valence-electron chi connectivity index (χ2n) is 6.63. The van der Waals surface area contributed by atoms with E-state index in [0.717, 1.165) is 0 Å². The summed E-state index contributed by atoms with van der Waals surface area (Å²) in [6.07, 6.45) is -1.22. The first-order valence-electron chi connectivity index (χ1n) is 9.35. The lowest BCUT2D eigenvalue weighted by molar-refractivity contribution is 0.0686. The van der Waals surface area contributed by atoms with Crippen molar-refractivity contribution < 1.29 is 28.5 Å². The van der Waals surface area contributed by atoms with Gasteiger partial charge in [0.15, 0.2) is 17.3 Å². The molecule has 0 amide bonds. The number of carbonyl (C=O) groups is 1. The van der Waals surface area contributed by atoms with Crippen LogP contribution in [0.5, 0.6) is 17.2 Å². The van der Waals surface area contributed by atoms with Crippen molar-refractivity contribution in [2.24, 2.45) is 0 Å². The van der Waals surface area contributed by atoms with Crippen molar-refractivity contribution in [1.82, 2.24) is 10.2 Å². The van der Waals surface area contributed by atoms with Gasteiger partial charge in [-0.05, 0) is 43.3 Å². The molecule has 2 aromatic carbocycles. The average molecular weight is 428 g/mol. The van der Waals surface area contributed by atoms with Crippen LogP contribution >= 0.6 is 11.8 Å². The van der Waals surface area contributed by atoms with Crippen LogP contribution in [0.15, 0.2) is 58.2 Å². The van der Waals surface area contributed by atoms with Gasteiger partial charge in [-0.1, -0.05) is 23.9 Å². The Hall–Kier alpha value is -3.04. The standard InChI is InChI=1S/C21H20N2O6S/c1-13(24)14-6-8-16(9-7-14)26-10-15(25)12-30-21-23-22-20(29-21)19-11-27-17-4-2-3-5-18(17)28-19/h2-9,15,19,25H,10-12H2,1H3. The number of aliphatic hydroxyl groups is 1. The number of ether oxygens (including phenoxy) is 3. The van der Waals surface area contributed by atoms with Crippen molar-refractivity contribution in [3.8, 4) is 17.2 Å². The summed E-state index contributed by atoms with van der Waals surface area (Å²) in [7, 11) is 0. The molecule has 0 bridgehead atoms. The number of fused-ring (bicyclic) bond motifs is 1. The quantitative estimate of drug-likeness (QED) is 0.427. The lowest BCUT2D eigenvalue weighted by Gasteiger charge is -2.23. The molecule has 156 valence electrons. The van der Waals surface area contributed by atoms with Crippen LogP contribution in [-0.4, -0.2) is 46.2 Å². The van der Waals surface area contributed by atoms with Crippen LogP contribution in [0.4, 0.5) is 0 Å². The smallest absolute Gasteiger partial charge is 0.276 e. The number of Topliss-reactive ketones (excluding diaryl/α,β-unsaturated/α-hetero) is 1. The third-order valence-electron chi connectivity index (χ3n) is 4.31. The zero-order valence-corrected chi connectivity index (χ0v) is 17.0. The lowest BCUT2D eigenvalue weighted by atomic mass is 10.1. The van der Waals surface area contributed by atoms with Gasteiger partial charge in [0, 0.05) is 11.3 Å². The van der Waals surface area contributed by atoms with Gasteiger partial charge in [0.25, 0.3) is 11.1 Å². The highest BCUT2D eigenvalue weighted by Crippen LogP contribution is 2.36. The lowest BCUT2D eigenvalue weighted by Crippen LogP contribution is -2.21. The third kappa shape index (κ3) is 4.92. The second kappa shape index (κ2) is 9.19. The molecule has 1 N–H and O–H groups in total. The van der Waals surface area contributed by atoms with Gasteiger partial charge in [-0.15, -0.1) is 10.2 Å². The molecule has 9 heteroatoms. The fourth-order valence-corrected chi connectivity index (χ4v) is 3.42. The summed E-state index contributed by atoms with van der Waals surface area (Å²) in [5.74, 6) is 2.53. The van der Waals surface area contributed by atoms with E-state index in [-0.39, 0.29) is 19.0 Å². The van der Waals surface area contributed by atoms with Crippen molar-refractivity contribution >= 4 is 17.5 Å².